The zero-order valence-electron chi connectivity index (χ0n) is 20.2. The molecule has 1 saturated heterocycles. The molecule has 186 valence electrons. The van der Waals surface area contributed by atoms with E-state index < -0.39 is 10.1 Å². The van der Waals surface area contributed by atoms with Crippen LogP contribution in [-0.2, 0) is 26.2 Å². The second-order valence-electron chi connectivity index (χ2n) is 8.71. The Bertz CT molecular complexity index is 1060. The second-order valence-corrected chi connectivity index (χ2v) is 10.3. The third kappa shape index (κ3) is 6.87. The molecule has 1 aliphatic rings. The molecule has 8 nitrogen and oxygen atoms in total. The number of hydrogen-bond donors (Lipinski definition) is 0. The molecule has 0 spiro atoms. The lowest BCUT2D eigenvalue weighted by Crippen LogP contribution is -2.37. The van der Waals surface area contributed by atoms with Gasteiger partial charge in [0.15, 0.2) is 11.5 Å². The summed E-state index contributed by atoms with van der Waals surface area (Å²) in [4.78, 5) is 14.7. The Morgan fingerprint density at radius 2 is 1.82 bits per heavy atom. The van der Waals surface area contributed by atoms with E-state index in [-0.39, 0.29) is 34.3 Å². The van der Waals surface area contributed by atoms with E-state index in [1.165, 1.54) is 26.4 Å². The summed E-state index contributed by atoms with van der Waals surface area (Å²) in [6.45, 7) is 5.53. The van der Waals surface area contributed by atoms with Crippen molar-refractivity contribution in [1.82, 2.24) is 4.90 Å². The van der Waals surface area contributed by atoms with E-state index in [9.17, 15) is 13.2 Å². The fraction of sp³-hybridized carbons (Fsp3) is 0.480. The first kappa shape index (κ1) is 25.8. The summed E-state index contributed by atoms with van der Waals surface area (Å²) in [5.41, 5.74) is 0.732. The lowest BCUT2D eigenvalue weighted by Gasteiger charge is -2.26. The monoisotopic (exact) mass is 491 g/mol. The Hall–Kier alpha value is -2.78. The van der Waals surface area contributed by atoms with Gasteiger partial charge in [0.2, 0.25) is 5.91 Å². The summed E-state index contributed by atoms with van der Waals surface area (Å²) in [5.74, 6) is 1.14. The van der Waals surface area contributed by atoms with Crippen LogP contribution in [0, 0.1) is 5.92 Å². The molecule has 2 aromatic carbocycles. The Morgan fingerprint density at radius 1 is 1.09 bits per heavy atom. The van der Waals surface area contributed by atoms with Crippen molar-refractivity contribution in [2.45, 2.75) is 50.7 Å². The molecule has 0 radical (unpaired) electrons. The number of carbonyl (C=O) groups is 1. The molecule has 1 aliphatic heterocycles. The van der Waals surface area contributed by atoms with Crippen molar-refractivity contribution < 1.29 is 31.6 Å². The Balaban J connectivity index is 1.83. The molecule has 3 rings (SSSR count). The van der Waals surface area contributed by atoms with Gasteiger partial charge in [-0.3, -0.25) is 4.79 Å². The van der Waals surface area contributed by atoms with Crippen LogP contribution in [-0.4, -0.2) is 52.7 Å². The molecule has 1 fully saturated rings. The Morgan fingerprint density at radius 3 is 2.41 bits per heavy atom. The van der Waals surface area contributed by atoms with Crippen LogP contribution in [0.3, 0.4) is 0 Å². The molecule has 0 aromatic heterocycles. The van der Waals surface area contributed by atoms with Crippen molar-refractivity contribution in [2.24, 2.45) is 5.92 Å². The van der Waals surface area contributed by atoms with Crippen LogP contribution in [0.25, 0.3) is 0 Å². The zero-order chi connectivity index (χ0) is 24.7. The van der Waals surface area contributed by atoms with Crippen LogP contribution in [0.5, 0.6) is 17.2 Å². The molecule has 0 saturated carbocycles. The number of benzene rings is 2. The van der Waals surface area contributed by atoms with E-state index in [1.54, 1.807) is 35.2 Å². The Labute approximate surface area is 201 Å². The fourth-order valence-corrected chi connectivity index (χ4v) is 4.71. The van der Waals surface area contributed by atoms with Crippen LogP contribution in [0.2, 0.25) is 0 Å². The first-order chi connectivity index (χ1) is 16.2. The maximum absolute atomic E-state index is 12.9. The van der Waals surface area contributed by atoms with Crippen molar-refractivity contribution in [2.75, 3.05) is 27.4 Å². The number of carbonyl (C=O) groups excluding carboxylic acids is 1. The number of hydrogen-bond acceptors (Lipinski definition) is 7. The third-order valence-corrected chi connectivity index (χ3v) is 6.78. The largest absolute Gasteiger partial charge is 0.497 e. The van der Waals surface area contributed by atoms with Gasteiger partial charge >= 0.3 is 10.1 Å². The molecular formula is C25H33NO7S. The number of ether oxygens (including phenoxy) is 3. The molecule has 0 bridgehead atoms. The number of rotatable bonds is 11. The summed E-state index contributed by atoms with van der Waals surface area (Å²) in [6, 6.07) is 11.0. The third-order valence-electron chi connectivity index (χ3n) is 5.53. The fourth-order valence-electron chi connectivity index (χ4n) is 3.78. The summed E-state index contributed by atoms with van der Waals surface area (Å²) in [5, 5.41) is 0. The van der Waals surface area contributed by atoms with E-state index in [2.05, 4.69) is 0 Å². The van der Waals surface area contributed by atoms with Crippen LogP contribution >= 0.6 is 0 Å². The lowest BCUT2D eigenvalue weighted by molar-refractivity contribution is -0.134. The standard InChI is InChI=1S/C25H33NO7S/c1-18(2)14-25(27)26(17-21-6-5-13-32-21)16-19-7-12-23(31-4)24(15-19)33-34(28,29)22-10-8-20(30-3)9-11-22/h7-12,15,18,21H,5-6,13-14,16-17H2,1-4H3. The minimum absolute atomic E-state index is 0.00660. The number of methoxy groups -OCH3 is 2. The first-order valence-corrected chi connectivity index (χ1v) is 12.8. The summed E-state index contributed by atoms with van der Waals surface area (Å²) in [7, 11) is -1.16. The quantitative estimate of drug-likeness (QED) is 0.438. The van der Waals surface area contributed by atoms with Gasteiger partial charge in [0.1, 0.15) is 10.6 Å². The Kier molecular flexibility index (Phi) is 8.79. The highest BCUT2D eigenvalue weighted by Crippen LogP contribution is 2.32. The van der Waals surface area contributed by atoms with Gasteiger partial charge in [0, 0.05) is 26.1 Å². The lowest BCUT2D eigenvalue weighted by atomic mass is 10.1. The van der Waals surface area contributed by atoms with Gasteiger partial charge in [-0.25, -0.2) is 0 Å². The number of amides is 1. The van der Waals surface area contributed by atoms with Crippen molar-refractivity contribution in [3.8, 4) is 17.2 Å². The minimum Gasteiger partial charge on any atom is -0.497 e. The summed E-state index contributed by atoms with van der Waals surface area (Å²) < 4.78 is 47.3. The van der Waals surface area contributed by atoms with Crippen molar-refractivity contribution in [3.05, 3.63) is 48.0 Å². The zero-order valence-corrected chi connectivity index (χ0v) is 21.0. The molecule has 1 atom stereocenters. The van der Waals surface area contributed by atoms with Crippen molar-refractivity contribution in [1.29, 1.82) is 0 Å². The van der Waals surface area contributed by atoms with Gasteiger partial charge in [-0.15, -0.1) is 0 Å². The summed E-state index contributed by atoms with van der Waals surface area (Å²) in [6.07, 6.45) is 2.35. The van der Waals surface area contributed by atoms with Gasteiger partial charge in [0.05, 0.1) is 20.3 Å². The van der Waals surface area contributed by atoms with Gasteiger partial charge < -0.3 is 23.3 Å². The topological polar surface area (TPSA) is 91.4 Å². The van der Waals surface area contributed by atoms with Gasteiger partial charge in [-0.05, 0) is 60.7 Å². The molecule has 2 aromatic rings. The number of nitrogens with zero attached hydrogens (tertiary/aromatic N) is 1. The van der Waals surface area contributed by atoms with Crippen LogP contribution < -0.4 is 13.7 Å². The van der Waals surface area contributed by atoms with Gasteiger partial charge in [-0.1, -0.05) is 19.9 Å². The van der Waals surface area contributed by atoms with Crippen LogP contribution in [0.15, 0.2) is 47.4 Å². The SMILES string of the molecule is COc1ccc(S(=O)(=O)Oc2cc(CN(CC3CCCO3)C(=O)CC(C)C)ccc2OC)cc1. The molecule has 1 amide bonds. The highest BCUT2D eigenvalue weighted by Gasteiger charge is 2.24. The molecule has 34 heavy (non-hydrogen) atoms. The predicted octanol–water partition coefficient (Wildman–Crippen LogP) is 4.03. The van der Waals surface area contributed by atoms with Crippen LogP contribution in [0.4, 0.5) is 0 Å². The van der Waals surface area contributed by atoms with Gasteiger partial charge in [0.25, 0.3) is 0 Å². The smallest absolute Gasteiger partial charge is 0.339 e. The molecular weight excluding hydrogens is 458 g/mol. The average molecular weight is 492 g/mol. The maximum Gasteiger partial charge on any atom is 0.339 e. The highest BCUT2D eigenvalue weighted by molar-refractivity contribution is 7.87. The van der Waals surface area contributed by atoms with Crippen molar-refractivity contribution >= 4 is 16.0 Å². The normalized spacial score (nSPS) is 15.9. The molecule has 1 unspecified atom stereocenters. The summed E-state index contributed by atoms with van der Waals surface area (Å²) >= 11 is 0. The van der Waals surface area contributed by atoms with E-state index in [1.807, 2.05) is 13.8 Å². The van der Waals surface area contributed by atoms with Crippen molar-refractivity contribution in [3.63, 3.8) is 0 Å². The highest BCUT2D eigenvalue weighted by atomic mass is 32.2. The maximum atomic E-state index is 12.9. The molecule has 0 N–H and O–H groups in total. The van der Waals surface area contributed by atoms with E-state index >= 15 is 0 Å². The average Bonchev–Trinajstić information content (AvgIpc) is 3.31. The van der Waals surface area contributed by atoms with E-state index in [0.29, 0.717) is 31.9 Å². The van der Waals surface area contributed by atoms with E-state index in [4.69, 9.17) is 18.4 Å². The predicted molar refractivity (Wildman–Crippen MR) is 128 cm³/mol. The molecule has 0 aliphatic carbocycles. The minimum atomic E-state index is -4.10. The molecule has 1 heterocycles. The van der Waals surface area contributed by atoms with Gasteiger partial charge in [-0.2, -0.15) is 8.42 Å². The van der Waals surface area contributed by atoms with Crippen LogP contribution in [0.1, 0.15) is 38.7 Å². The molecule has 9 heteroatoms. The first-order valence-electron chi connectivity index (χ1n) is 11.4. The second kappa shape index (κ2) is 11.6. The van der Waals surface area contributed by atoms with E-state index in [0.717, 1.165) is 18.4 Å².